The van der Waals surface area contributed by atoms with Crippen LogP contribution in [0.3, 0.4) is 0 Å². The number of aryl methyl sites for hydroxylation is 1. The van der Waals surface area contributed by atoms with Gasteiger partial charge in [-0.15, -0.1) is 0 Å². The molecule has 1 aromatic heterocycles. The van der Waals surface area contributed by atoms with E-state index in [-0.39, 0.29) is 5.91 Å². The van der Waals surface area contributed by atoms with Crippen molar-refractivity contribution in [1.29, 1.82) is 0 Å². The number of benzene rings is 2. The maximum absolute atomic E-state index is 12.0. The number of para-hydroxylation sites is 1. The summed E-state index contributed by atoms with van der Waals surface area (Å²) in [6.45, 7) is 0. The molecule has 0 aliphatic heterocycles. The zero-order valence-corrected chi connectivity index (χ0v) is 15.0. The first-order valence-electron chi connectivity index (χ1n) is 7.37. The quantitative estimate of drug-likeness (QED) is 0.624. The maximum atomic E-state index is 12.0. The molecule has 1 N–H and O–H groups in total. The van der Waals surface area contributed by atoms with Crippen LogP contribution in [0.4, 0.5) is 5.69 Å². The fourth-order valence-electron chi connectivity index (χ4n) is 2.17. The van der Waals surface area contributed by atoms with Gasteiger partial charge in [0.1, 0.15) is 0 Å². The van der Waals surface area contributed by atoms with Gasteiger partial charge in [-0.2, -0.15) is 0 Å². The third-order valence-electron chi connectivity index (χ3n) is 3.40. The molecule has 3 aromatic rings. The molecule has 3 rings (SSSR count). The number of carbonyl (C=O) groups excluding carboxylic acids is 1. The molecule has 0 unspecified atom stereocenters. The molecule has 24 heavy (non-hydrogen) atoms. The second-order valence-electron chi connectivity index (χ2n) is 5.15. The lowest BCUT2D eigenvalue weighted by Gasteiger charge is -2.06. The standard InChI is InChI=1S/C18H14BrClN2O2/c19-14-3-1-2-4-15(14)22-17(23)9-10-18-21-11-16(24-18)12-5-7-13(20)8-6-12/h1-8,11H,9-10H2,(H,22,23). The summed E-state index contributed by atoms with van der Waals surface area (Å²) in [5.41, 5.74) is 1.65. The van der Waals surface area contributed by atoms with Crippen molar-refractivity contribution in [3.05, 3.63) is 70.1 Å². The molecule has 0 saturated heterocycles. The van der Waals surface area contributed by atoms with Crippen LogP contribution in [0, 0.1) is 0 Å². The number of aromatic nitrogens is 1. The van der Waals surface area contributed by atoms with E-state index in [1.807, 2.05) is 36.4 Å². The fourth-order valence-corrected chi connectivity index (χ4v) is 2.68. The van der Waals surface area contributed by atoms with Crippen LogP contribution in [0.1, 0.15) is 12.3 Å². The normalized spacial score (nSPS) is 10.6. The van der Waals surface area contributed by atoms with Crippen LogP contribution in [-0.4, -0.2) is 10.9 Å². The number of carbonyl (C=O) groups is 1. The van der Waals surface area contributed by atoms with E-state index >= 15 is 0 Å². The lowest BCUT2D eigenvalue weighted by Crippen LogP contribution is -2.12. The summed E-state index contributed by atoms with van der Waals surface area (Å²) in [6.07, 6.45) is 2.38. The summed E-state index contributed by atoms with van der Waals surface area (Å²) < 4.78 is 6.54. The molecule has 0 saturated carbocycles. The van der Waals surface area contributed by atoms with E-state index in [0.29, 0.717) is 29.5 Å². The van der Waals surface area contributed by atoms with Crippen LogP contribution in [0.25, 0.3) is 11.3 Å². The van der Waals surface area contributed by atoms with Gasteiger partial charge in [0.05, 0.1) is 11.9 Å². The Bertz CT molecular complexity index is 846. The molecule has 0 radical (unpaired) electrons. The van der Waals surface area contributed by atoms with Gasteiger partial charge in [-0.3, -0.25) is 4.79 Å². The minimum absolute atomic E-state index is 0.0897. The second kappa shape index (κ2) is 7.64. The summed E-state index contributed by atoms with van der Waals surface area (Å²) in [5.74, 6) is 1.10. The number of nitrogens with one attached hydrogen (secondary N) is 1. The number of oxazole rings is 1. The highest BCUT2D eigenvalue weighted by molar-refractivity contribution is 9.10. The van der Waals surface area contributed by atoms with Crippen molar-refractivity contribution in [3.8, 4) is 11.3 Å². The molecule has 122 valence electrons. The van der Waals surface area contributed by atoms with Crippen molar-refractivity contribution < 1.29 is 9.21 Å². The van der Waals surface area contributed by atoms with Crippen molar-refractivity contribution in [1.82, 2.24) is 4.98 Å². The van der Waals surface area contributed by atoms with Gasteiger partial charge in [-0.25, -0.2) is 4.98 Å². The van der Waals surface area contributed by atoms with Gasteiger partial charge in [0.2, 0.25) is 5.91 Å². The highest BCUT2D eigenvalue weighted by Crippen LogP contribution is 2.23. The largest absolute Gasteiger partial charge is 0.441 e. The Balaban J connectivity index is 1.58. The summed E-state index contributed by atoms with van der Waals surface area (Å²) in [5, 5.41) is 3.52. The van der Waals surface area contributed by atoms with Crippen LogP contribution in [0.15, 0.2) is 63.6 Å². The zero-order valence-electron chi connectivity index (χ0n) is 12.6. The Labute approximate surface area is 153 Å². The summed E-state index contributed by atoms with van der Waals surface area (Å²) in [6, 6.07) is 14.8. The molecular weight excluding hydrogens is 392 g/mol. The molecule has 4 nitrogen and oxygen atoms in total. The third kappa shape index (κ3) is 4.24. The number of halogens is 2. The molecule has 0 bridgehead atoms. The van der Waals surface area contributed by atoms with E-state index < -0.39 is 0 Å². The van der Waals surface area contributed by atoms with Gasteiger partial charge in [0, 0.05) is 27.9 Å². The minimum atomic E-state index is -0.0897. The molecule has 1 amide bonds. The van der Waals surface area contributed by atoms with Crippen molar-refractivity contribution in [3.63, 3.8) is 0 Å². The average molecular weight is 406 g/mol. The van der Waals surface area contributed by atoms with Gasteiger partial charge in [0.15, 0.2) is 11.7 Å². The summed E-state index contributed by atoms with van der Waals surface area (Å²) in [4.78, 5) is 16.3. The van der Waals surface area contributed by atoms with Gasteiger partial charge >= 0.3 is 0 Å². The lowest BCUT2D eigenvalue weighted by atomic mass is 10.2. The monoisotopic (exact) mass is 404 g/mol. The molecule has 6 heteroatoms. The number of hydrogen-bond acceptors (Lipinski definition) is 3. The van der Waals surface area contributed by atoms with Crippen LogP contribution in [0.5, 0.6) is 0 Å². The molecular formula is C18H14BrClN2O2. The highest BCUT2D eigenvalue weighted by atomic mass is 79.9. The van der Waals surface area contributed by atoms with Gasteiger partial charge < -0.3 is 9.73 Å². The van der Waals surface area contributed by atoms with E-state index in [1.165, 1.54) is 0 Å². The first kappa shape index (κ1) is 16.7. The SMILES string of the molecule is O=C(CCc1ncc(-c2ccc(Cl)cc2)o1)Nc1ccccc1Br. The van der Waals surface area contributed by atoms with E-state index in [2.05, 4.69) is 26.2 Å². The van der Waals surface area contributed by atoms with E-state index in [9.17, 15) is 4.79 Å². The smallest absolute Gasteiger partial charge is 0.224 e. The van der Waals surface area contributed by atoms with Gasteiger partial charge in [-0.05, 0) is 52.3 Å². The molecule has 0 atom stereocenters. The van der Waals surface area contributed by atoms with Gasteiger partial charge in [-0.1, -0.05) is 23.7 Å². The van der Waals surface area contributed by atoms with E-state index in [1.54, 1.807) is 18.3 Å². The Morgan fingerprint density at radius 2 is 1.92 bits per heavy atom. The zero-order chi connectivity index (χ0) is 16.9. The topological polar surface area (TPSA) is 55.1 Å². The van der Waals surface area contributed by atoms with E-state index in [0.717, 1.165) is 15.7 Å². The number of nitrogens with zero attached hydrogens (tertiary/aromatic N) is 1. The first-order chi connectivity index (χ1) is 11.6. The Morgan fingerprint density at radius 1 is 1.17 bits per heavy atom. The van der Waals surface area contributed by atoms with Crippen LogP contribution < -0.4 is 5.32 Å². The number of amides is 1. The Morgan fingerprint density at radius 3 is 2.67 bits per heavy atom. The Hall–Kier alpha value is -2.11. The average Bonchev–Trinajstić information content (AvgIpc) is 3.05. The van der Waals surface area contributed by atoms with Crippen LogP contribution in [0.2, 0.25) is 5.02 Å². The molecule has 0 aliphatic rings. The lowest BCUT2D eigenvalue weighted by molar-refractivity contribution is -0.116. The van der Waals surface area contributed by atoms with Crippen LogP contribution in [-0.2, 0) is 11.2 Å². The number of hydrogen-bond donors (Lipinski definition) is 1. The van der Waals surface area contributed by atoms with Gasteiger partial charge in [0.25, 0.3) is 0 Å². The Kier molecular flexibility index (Phi) is 5.33. The predicted molar refractivity (Wildman–Crippen MR) is 98.0 cm³/mol. The molecule has 2 aromatic carbocycles. The third-order valence-corrected chi connectivity index (χ3v) is 4.34. The molecule has 0 fully saturated rings. The second-order valence-corrected chi connectivity index (χ2v) is 6.44. The minimum Gasteiger partial charge on any atom is -0.441 e. The van der Waals surface area contributed by atoms with Crippen LogP contribution >= 0.6 is 27.5 Å². The fraction of sp³-hybridized carbons (Fsp3) is 0.111. The van der Waals surface area contributed by atoms with E-state index in [4.69, 9.17) is 16.0 Å². The van der Waals surface area contributed by atoms with Crippen molar-refractivity contribution >= 4 is 39.1 Å². The summed E-state index contributed by atoms with van der Waals surface area (Å²) >= 11 is 9.27. The van der Waals surface area contributed by atoms with Crippen molar-refractivity contribution in [2.45, 2.75) is 12.8 Å². The summed E-state index contributed by atoms with van der Waals surface area (Å²) in [7, 11) is 0. The van der Waals surface area contributed by atoms with Crippen molar-refractivity contribution in [2.75, 3.05) is 5.32 Å². The molecule has 0 spiro atoms. The number of rotatable bonds is 5. The number of anilines is 1. The molecule has 1 heterocycles. The highest BCUT2D eigenvalue weighted by Gasteiger charge is 2.10. The maximum Gasteiger partial charge on any atom is 0.224 e. The van der Waals surface area contributed by atoms with Crippen molar-refractivity contribution in [2.24, 2.45) is 0 Å². The predicted octanol–water partition coefficient (Wildman–Crippen LogP) is 5.33. The molecule has 0 aliphatic carbocycles. The first-order valence-corrected chi connectivity index (χ1v) is 8.54.